The number of benzene rings is 2. The topological polar surface area (TPSA) is 90.7 Å². The van der Waals surface area contributed by atoms with Crippen LogP contribution in [0.1, 0.15) is 12.5 Å². The average molecular weight is 316 g/mol. The number of hydrogen-bond acceptors (Lipinski definition) is 5. The highest BCUT2D eigenvalue weighted by atomic mass is 16.6. The second-order valence-corrected chi connectivity index (χ2v) is 4.56. The molecule has 0 aliphatic carbocycles. The van der Waals surface area contributed by atoms with Crippen LogP contribution in [0.4, 0.5) is 16.2 Å². The summed E-state index contributed by atoms with van der Waals surface area (Å²) in [4.78, 5) is 22.2. The number of ether oxygens (including phenoxy) is 2. The third kappa shape index (κ3) is 4.70. The predicted octanol–water partition coefficient (Wildman–Crippen LogP) is 3.74. The summed E-state index contributed by atoms with van der Waals surface area (Å²) in [5.74, 6) is 0.342. The number of anilines is 1. The van der Waals surface area contributed by atoms with E-state index in [1.165, 1.54) is 18.2 Å². The molecule has 1 N–H and O–H groups in total. The van der Waals surface area contributed by atoms with Gasteiger partial charge in [0.2, 0.25) is 0 Å². The minimum absolute atomic E-state index is 0.103. The van der Waals surface area contributed by atoms with Crippen LogP contribution in [0.3, 0.4) is 0 Å². The van der Waals surface area contributed by atoms with Crippen LogP contribution in [0.25, 0.3) is 0 Å². The molecule has 7 heteroatoms. The van der Waals surface area contributed by atoms with E-state index < -0.39 is 11.0 Å². The number of rotatable bonds is 6. The Balaban J connectivity index is 2.06. The van der Waals surface area contributed by atoms with Crippen LogP contribution in [0.5, 0.6) is 5.75 Å². The lowest BCUT2D eigenvalue weighted by atomic mass is 10.2. The van der Waals surface area contributed by atoms with Crippen LogP contribution in [0.15, 0.2) is 48.5 Å². The number of carbonyl (C=O) groups is 1. The quantitative estimate of drug-likeness (QED) is 0.647. The summed E-state index contributed by atoms with van der Waals surface area (Å²) in [6.07, 6.45) is -0.713. The van der Waals surface area contributed by atoms with Gasteiger partial charge in [0.05, 0.1) is 17.2 Å². The Labute approximate surface area is 133 Å². The molecule has 0 aliphatic rings. The van der Waals surface area contributed by atoms with Gasteiger partial charge < -0.3 is 9.47 Å². The lowest BCUT2D eigenvalue weighted by Gasteiger charge is -2.11. The molecule has 2 aromatic carbocycles. The van der Waals surface area contributed by atoms with Crippen molar-refractivity contribution in [1.82, 2.24) is 0 Å². The van der Waals surface area contributed by atoms with Crippen molar-refractivity contribution in [2.45, 2.75) is 13.5 Å². The van der Waals surface area contributed by atoms with Gasteiger partial charge in [0.1, 0.15) is 12.4 Å². The minimum atomic E-state index is -0.713. The monoisotopic (exact) mass is 316 g/mol. The van der Waals surface area contributed by atoms with Crippen molar-refractivity contribution in [1.29, 1.82) is 0 Å². The van der Waals surface area contributed by atoms with E-state index in [0.717, 1.165) is 5.56 Å². The SMILES string of the molecule is CCOc1ccc([N+](=O)[O-])cc1NC(=O)OCc1ccccc1. The molecule has 0 radical (unpaired) electrons. The lowest BCUT2D eigenvalue weighted by Crippen LogP contribution is -2.14. The Kier molecular flexibility index (Phi) is 5.51. The summed E-state index contributed by atoms with van der Waals surface area (Å²) in [5, 5.41) is 13.3. The normalized spacial score (nSPS) is 9.96. The molecule has 0 spiro atoms. The zero-order valence-electron chi connectivity index (χ0n) is 12.5. The molecular weight excluding hydrogens is 300 g/mol. The highest BCUT2D eigenvalue weighted by Crippen LogP contribution is 2.29. The Morgan fingerprint density at radius 1 is 1.22 bits per heavy atom. The largest absolute Gasteiger partial charge is 0.492 e. The van der Waals surface area contributed by atoms with E-state index >= 15 is 0 Å². The van der Waals surface area contributed by atoms with E-state index in [1.54, 1.807) is 6.92 Å². The summed E-state index contributed by atoms with van der Waals surface area (Å²) in [6, 6.07) is 13.2. The number of amides is 1. The molecule has 1 amide bonds. The molecule has 23 heavy (non-hydrogen) atoms. The van der Waals surface area contributed by atoms with Gasteiger partial charge in [0.15, 0.2) is 0 Å². The number of nitrogens with one attached hydrogen (secondary N) is 1. The van der Waals surface area contributed by atoms with Crippen molar-refractivity contribution in [2.75, 3.05) is 11.9 Å². The molecule has 7 nitrogen and oxygen atoms in total. The van der Waals surface area contributed by atoms with Gasteiger partial charge in [-0.2, -0.15) is 0 Å². The first-order valence-corrected chi connectivity index (χ1v) is 6.99. The van der Waals surface area contributed by atoms with Crippen molar-refractivity contribution in [3.05, 3.63) is 64.2 Å². The van der Waals surface area contributed by atoms with Gasteiger partial charge in [-0.15, -0.1) is 0 Å². The second-order valence-electron chi connectivity index (χ2n) is 4.56. The van der Waals surface area contributed by atoms with Crippen LogP contribution in [0, 0.1) is 10.1 Å². The molecule has 0 bridgehead atoms. The van der Waals surface area contributed by atoms with Crippen molar-refractivity contribution in [3.8, 4) is 5.75 Å². The molecule has 0 aromatic heterocycles. The maximum Gasteiger partial charge on any atom is 0.412 e. The standard InChI is InChI=1S/C16H16N2O5/c1-2-22-15-9-8-13(18(20)21)10-14(15)17-16(19)23-11-12-6-4-3-5-7-12/h3-10H,2,11H2,1H3,(H,17,19). The molecular formula is C16H16N2O5. The summed E-state index contributed by atoms with van der Waals surface area (Å²) in [5.41, 5.74) is 0.887. The zero-order chi connectivity index (χ0) is 16.7. The molecule has 0 atom stereocenters. The van der Waals surface area contributed by atoms with E-state index in [4.69, 9.17) is 9.47 Å². The number of nitro benzene ring substituents is 1. The highest BCUT2D eigenvalue weighted by Gasteiger charge is 2.14. The fourth-order valence-electron chi connectivity index (χ4n) is 1.88. The van der Waals surface area contributed by atoms with Gasteiger partial charge in [0, 0.05) is 12.1 Å². The van der Waals surface area contributed by atoms with Crippen LogP contribution < -0.4 is 10.1 Å². The summed E-state index contributed by atoms with van der Waals surface area (Å²) < 4.78 is 10.4. The number of nitro groups is 1. The fourth-order valence-corrected chi connectivity index (χ4v) is 1.88. The van der Waals surface area contributed by atoms with Gasteiger partial charge in [-0.25, -0.2) is 4.79 Å². The van der Waals surface area contributed by atoms with E-state index in [-0.39, 0.29) is 18.0 Å². The first-order valence-electron chi connectivity index (χ1n) is 6.99. The maximum absolute atomic E-state index is 11.9. The number of non-ortho nitro benzene ring substituents is 1. The molecule has 0 heterocycles. The van der Waals surface area contributed by atoms with E-state index in [0.29, 0.717) is 12.4 Å². The summed E-state index contributed by atoms with van der Waals surface area (Å²) >= 11 is 0. The highest BCUT2D eigenvalue weighted by molar-refractivity contribution is 5.87. The van der Waals surface area contributed by atoms with Gasteiger partial charge >= 0.3 is 6.09 Å². The van der Waals surface area contributed by atoms with Crippen LogP contribution >= 0.6 is 0 Å². The molecule has 0 unspecified atom stereocenters. The van der Waals surface area contributed by atoms with Gasteiger partial charge in [-0.1, -0.05) is 30.3 Å². The van der Waals surface area contributed by atoms with E-state index in [2.05, 4.69) is 5.32 Å². The van der Waals surface area contributed by atoms with Gasteiger partial charge in [-0.05, 0) is 18.6 Å². The lowest BCUT2D eigenvalue weighted by molar-refractivity contribution is -0.384. The summed E-state index contributed by atoms with van der Waals surface area (Å²) in [7, 11) is 0. The van der Waals surface area contributed by atoms with Crippen LogP contribution in [-0.4, -0.2) is 17.6 Å². The molecule has 0 saturated heterocycles. The Bertz CT molecular complexity index is 688. The zero-order valence-corrected chi connectivity index (χ0v) is 12.5. The van der Waals surface area contributed by atoms with Crippen LogP contribution in [0.2, 0.25) is 0 Å². The average Bonchev–Trinajstić information content (AvgIpc) is 2.55. The third-order valence-corrected chi connectivity index (χ3v) is 2.92. The first-order chi connectivity index (χ1) is 11.1. The maximum atomic E-state index is 11.9. The Morgan fingerprint density at radius 3 is 2.61 bits per heavy atom. The fraction of sp³-hybridized carbons (Fsp3) is 0.188. The summed E-state index contributed by atoms with van der Waals surface area (Å²) in [6.45, 7) is 2.25. The predicted molar refractivity (Wildman–Crippen MR) is 84.5 cm³/mol. The molecule has 2 aromatic rings. The molecule has 2 rings (SSSR count). The van der Waals surface area contributed by atoms with Crippen molar-refractivity contribution < 1.29 is 19.2 Å². The number of hydrogen-bond donors (Lipinski definition) is 1. The smallest absolute Gasteiger partial charge is 0.412 e. The molecule has 0 fully saturated rings. The van der Waals surface area contributed by atoms with E-state index in [1.807, 2.05) is 30.3 Å². The van der Waals surface area contributed by atoms with E-state index in [9.17, 15) is 14.9 Å². The van der Waals surface area contributed by atoms with Gasteiger partial charge in [0.25, 0.3) is 5.69 Å². The number of nitrogens with zero attached hydrogens (tertiary/aromatic N) is 1. The Morgan fingerprint density at radius 2 is 1.96 bits per heavy atom. The Hall–Kier alpha value is -3.09. The minimum Gasteiger partial charge on any atom is -0.492 e. The van der Waals surface area contributed by atoms with Crippen LogP contribution in [-0.2, 0) is 11.3 Å². The van der Waals surface area contributed by atoms with Crippen molar-refractivity contribution in [3.63, 3.8) is 0 Å². The number of carbonyl (C=O) groups excluding carboxylic acids is 1. The molecule has 0 saturated carbocycles. The molecule has 120 valence electrons. The molecule has 0 aliphatic heterocycles. The second kappa shape index (κ2) is 7.79. The van der Waals surface area contributed by atoms with Crippen molar-refractivity contribution in [2.24, 2.45) is 0 Å². The van der Waals surface area contributed by atoms with Gasteiger partial charge in [-0.3, -0.25) is 15.4 Å². The third-order valence-electron chi connectivity index (χ3n) is 2.92. The van der Waals surface area contributed by atoms with Crippen molar-refractivity contribution >= 4 is 17.5 Å². The first kappa shape index (κ1) is 16.3.